The van der Waals surface area contributed by atoms with Crippen molar-refractivity contribution in [3.05, 3.63) is 53.1 Å². The zero-order valence-corrected chi connectivity index (χ0v) is 11.9. The van der Waals surface area contributed by atoms with Crippen molar-refractivity contribution in [2.75, 3.05) is 7.11 Å². The first kappa shape index (κ1) is 15.9. The summed E-state index contributed by atoms with van der Waals surface area (Å²) >= 11 is 0. The zero-order valence-electron chi connectivity index (χ0n) is 11.9. The molecule has 2 rings (SSSR count). The molecule has 116 valence electrons. The average molecular weight is 310 g/mol. The van der Waals surface area contributed by atoms with Gasteiger partial charge in [-0.3, -0.25) is 0 Å². The monoisotopic (exact) mass is 310 g/mol. The van der Waals surface area contributed by atoms with Gasteiger partial charge in [0.15, 0.2) is 0 Å². The maximum absolute atomic E-state index is 12.9. The van der Waals surface area contributed by atoms with E-state index in [2.05, 4.69) is 0 Å². The molecule has 0 atom stereocenters. The summed E-state index contributed by atoms with van der Waals surface area (Å²) in [4.78, 5) is 11.2. The molecular formula is C16H13F3O3. The van der Waals surface area contributed by atoms with E-state index in [9.17, 15) is 18.0 Å². The van der Waals surface area contributed by atoms with E-state index in [-0.39, 0.29) is 16.9 Å². The molecule has 0 fully saturated rings. The van der Waals surface area contributed by atoms with Crippen molar-refractivity contribution in [3.8, 4) is 16.9 Å². The van der Waals surface area contributed by atoms with E-state index < -0.39 is 17.7 Å². The molecule has 0 unspecified atom stereocenters. The van der Waals surface area contributed by atoms with E-state index in [1.807, 2.05) is 0 Å². The van der Waals surface area contributed by atoms with Crippen LogP contribution in [0.2, 0.25) is 0 Å². The lowest BCUT2D eigenvalue weighted by atomic mass is 9.94. The summed E-state index contributed by atoms with van der Waals surface area (Å²) in [6.07, 6.45) is -4.49. The molecule has 0 aliphatic carbocycles. The van der Waals surface area contributed by atoms with Crippen LogP contribution >= 0.6 is 0 Å². The predicted molar refractivity (Wildman–Crippen MR) is 75.1 cm³/mol. The van der Waals surface area contributed by atoms with Crippen molar-refractivity contribution >= 4 is 5.97 Å². The van der Waals surface area contributed by atoms with Gasteiger partial charge in [0.05, 0.1) is 18.2 Å². The summed E-state index contributed by atoms with van der Waals surface area (Å²) in [7, 11) is 1.35. The fraction of sp³-hybridized carbons (Fsp3) is 0.188. The van der Waals surface area contributed by atoms with Crippen LogP contribution < -0.4 is 4.74 Å². The van der Waals surface area contributed by atoms with Gasteiger partial charge in [-0.1, -0.05) is 12.1 Å². The van der Waals surface area contributed by atoms with Gasteiger partial charge >= 0.3 is 12.1 Å². The highest BCUT2D eigenvalue weighted by atomic mass is 19.4. The first-order valence-corrected chi connectivity index (χ1v) is 6.34. The second-order valence-corrected chi connectivity index (χ2v) is 4.70. The molecule has 0 aliphatic rings. The lowest BCUT2D eigenvalue weighted by molar-refractivity contribution is -0.137. The van der Waals surface area contributed by atoms with E-state index in [0.717, 1.165) is 12.1 Å². The summed E-state index contributed by atoms with van der Waals surface area (Å²) in [5, 5.41) is 9.14. The quantitative estimate of drug-likeness (QED) is 0.914. The molecule has 2 aromatic rings. The van der Waals surface area contributed by atoms with Crippen molar-refractivity contribution < 1.29 is 27.8 Å². The molecule has 0 radical (unpaired) electrons. The van der Waals surface area contributed by atoms with Crippen LogP contribution in [0.3, 0.4) is 0 Å². The van der Waals surface area contributed by atoms with E-state index in [0.29, 0.717) is 11.1 Å². The molecule has 0 spiro atoms. The molecule has 3 nitrogen and oxygen atoms in total. The van der Waals surface area contributed by atoms with E-state index in [1.165, 1.54) is 25.3 Å². The van der Waals surface area contributed by atoms with Crippen LogP contribution in [-0.2, 0) is 6.18 Å². The fourth-order valence-electron chi connectivity index (χ4n) is 2.25. The molecular weight excluding hydrogens is 297 g/mol. The first-order chi connectivity index (χ1) is 10.3. The minimum Gasteiger partial charge on any atom is -0.496 e. The van der Waals surface area contributed by atoms with Crippen molar-refractivity contribution in [2.45, 2.75) is 13.1 Å². The summed E-state index contributed by atoms with van der Waals surface area (Å²) in [6.45, 7) is 1.55. The van der Waals surface area contributed by atoms with Gasteiger partial charge in [-0.05, 0) is 42.3 Å². The molecule has 1 N–H and O–H groups in total. The summed E-state index contributed by atoms with van der Waals surface area (Å²) in [5.41, 5.74) is 0.203. The summed E-state index contributed by atoms with van der Waals surface area (Å²) < 4.78 is 43.8. The highest BCUT2D eigenvalue weighted by Crippen LogP contribution is 2.38. The number of hydrogen-bond acceptors (Lipinski definition) is 2. The van der Waals surface area contributed by atoms with Crippen LogP contribution in [-0.4, -0.2) is 18.2 Å². The van der Waals surface area contributed by atoms with Gasteiger partial charge in [-0.2, -0.15) is 13.2 Å². The predicted octanol–water partition coefficient (Wildman–Crippen LogP) is 4.39. The molecule has 0 heterocycles. The SMILES string of the molecule is COc1ccc(C(F)(F)F)cc1-c1cccc(C(=O)O)c1C. The van der Waals surface area contributed by atoms with E-state index >= 15 is 0 Å². The van der Waals surface area contributed by atoms with Crippen molar-refractivity contribution in [1.29, 1.82) is 0 Å². The highest BCUT2D eigenvalue weighted by molar-refractivity contribution is 5.92. The molecule has 0 aromatic heterocycles. The van der Waals surface area contributed by atoms with E-state index in [1.54, 1.807) is 13.0 Å². The average Bonchev–Trinajstić information content (AvgIpc) is 2.45. The maximum Gasteiger partial charge on any atom is 0.416 e. The number of halogens is 3. The number of alkyl halides is 3. The zero-order chi connectivity index (χ0) is 16.5. The second-order valence-electron chi connectivity index (χ2n) is 4.70. The van der Waals surface area contributed by atoms with Crippen molar-refractivity contribution in [2.24, 2.45) is 0 Å². The van der Waals surface area contributed by atoms with Gasteiger partial charge in [0, 0.05) is 5.56 Å². The third kappa shape index (κ3) is 2.90. The number of aromatic carboxylic acids is 1. The first-order valence-electron chi connectivity index (χ1n) is 6.34. The number of rotatable bonds is 3. The summed E-state index contributed by atoms with van der Waals surface area (Å²) in [6, 6.07) is 7.59. The molecule has 6 heteroatoms. The largest absolute Gasteiger partial charge is 0.496 e. The minimum atomic E-state index is -4.49. The maximum atomic E-state index is 12.9. The highest BCUT2D eigenvalue weighted by Gasteiger charge is 2.31. The number of benzene rings is 2. The number of carboxylic acid groups (broad SMARTS) is 1. The van der Waals surface area contributed by atoms with Crippen LogP contribution in [0.25, 0.3) is 11.1 Å². The smallest absolute Gasteiger partial charge is 0.416 e. The van der Waals surface area contributed by atoms with Gasteiger partial charge in [0.25, 0.3) is 0 Å². The Bertz CT molecular complexity index is 721. The lowest BCUT2D eigenvalue weighted by Gasteiger charge is -2.15. The Balaban J connectivity index is 2.71. The topological polar surface area (TPSA) is 46.5 Å². The second kappa shape index (κ2) is 5.71. The number of carboxylic acids is 1. The Morgan fingerprint density at radius 2 is 1.82 bits per heavy atom. The van der Waals surface area contributed by atoms with Gasteiger partial charge in [-0.15, -0.1) is 0 Å². The number of hydrogen-bond donors (Lipinski definition) is 1. The van der Waals surface area contributed by atoms with Crippen molar-refractivity contribution in [1.82, 2.24) is 0 Å². The van der Waals surface area contributed by atoms with Crippen LogP contribution in [0.5, 0.6) is 5.75 Å². The lowest BCUT2D eigenvalue weighted by Crippen LogP contribution is -2.06. The van der Waals surface area contributed by atoms with Crippen LogP contribution in [0.4, 0.5) is 13.2 Å². The molecule has 0 amide bonds. The normalized spacial score (nSPS) is 11.3. The molecule has 22 heavy (non-hydrogen) atoms. The Morgan fingerprint density at radius 3 is 2.36 bits per heavy atom. The Labute approximate surface area is 125 Å². The number of carbonyl (C=O) groups is 1. The Morgan fingerprint density at radius 1 is 1.14 bits per heavy atom. The summed E-state index contributed by atoms with van der Waals surface area (Å²) in [5.74, 6) is -0.885. The van der Waals surface area contributed by atoms with Crippen LogP contribution in [0.1, 0.15) is 21.5 Å². The standard InChI is InChI=1S/C16H13F3O3/c1-9-11(4-3-5-12(9)15(20)21)13-8-10(16(17,18)19)6-7-14(13)22-2/h3-8H,1-2H3,(H,20,21). The van der Waals surface area contributed by atoms with Gasteiger partial charge in [0.2, 0.25) is 0 Å². The van der Waals surface area contributed by atoms with Gasteiger partial charge in [0.1, 0.15) is 5.75 Å². The van der Waals surface area contributed by atoms with Gasteiger partial charge in [-0.25, -0.2) is 4.79 Å². The number of ether oxygens (including phenoxy) is 1. The molecule has 0 bridgehead atoms. The molecule has 0 saturated heterocycles. The molecule has 0 saturated carbocycles. The minimum absolute atomic E-state index is 0.0389. The Kier molecular flexibility index (Phi) is 4.12. The molecule has 0 aliphatic heterocycles. The van der Waals surface area contributed by atoms with E-state index in [4.69, 9.17) is 9.84 Å². The Hall–Kier alpha value is -2.50. The fourth-order valence-corrected chi connectivity index (χ4v) is 2.25. The molecule has 2 aromatic carbocycles. The van der Waals surface area contributed by atoms with Crippen molar-refractivity contribution in [3.63, 3.8) is 0 Å². The van der Waals surface area contributed by atoms with Crippen LogP contribution in [0, 0.1) is 6.92 Å². The number of methoxy groups -OCH3 is 1. The third-order valence-corrected chi connectivity index (χ3v) is 3.38. The van der Waals surface area contributed by atoms with Crippen LogP contribution in [0.15, 0.2) is 36.4 Å². The third-order valence-electron chi connectivity index (χ3n) is 3.38. The van der Waals surface area contributed by atoms with Gasteiger partial charge < -0.3 is 9.84 Å².